The second-order valence-corrected chi connectivity index (χ2v) is 7.24. The Bertz CT molecular complexity index is 872. The zero-order valence-corrected chi connectivity index (χ0v) is 15.5. The van der Waals surface area contributed by atoms with Crippen LogP contribution in [0.2, 0.25) is 0 Å². The zero-order chi connectivity index (χ0) is 17.5. The van der Waals surface area contributed by atoms with Crippen LogP contribution in [0.1, 0.15) is 44.7 Å². The Morgan fingerprint density at radius 2 is 2.00 bits per heavy atom. The zero-order valence-electron chi connectivity index (χ0n) is 14.7. The van der Waals surface area contributed by atoms with Gasteiger partial charge in [-0.15, -0.1) is 0 Å². The van der Waals surface area contributed by atoms with Crippen molar-refractivity contribution >= 4 is 24.0 Å². The lowest BCUT2D eigenvalue weighted by molar-refractivity contribution is 0.304. The predicted octanol–water partition coefficient (Wildman–Crippen LogP) is 4.60. The van der Waals surface area contributed by atoms with E-state index in [0.29, 0.717) is 22.4 Å². The minimum atomic E-state index is -0.162. The van der Waals surface area contributed by atoms with Crippen LogP contribution >= 0.6 is 12.2 Å². The highest BCUT2D eigenvalue weighted by Crippen LogP contribution is 2.47. The maximum atomic E-state index is 12.2. The van der Waals surface area contributed by atoms with Gasteiger partial charge >= 0.3 is 0 Å². The van der Waals surface area contributed by atoms with Gasteiger partial charge in [0.25, 0.3) is 0 Å². The fourth-order valence-corrected chi connectivity index (χ4v) is 3.66. The quantitative estimate of drug-likeness (QED) is 0.587. The molecule has 1 aliphatic heterocycles. The van der Waals surface area contributed by atoms with Crippen LogP contribution < -0.4 is 15.1 Å². The van der Waals surface area contributed by atoms with Gasteiger partial charge in [-0.1, -0.05) is 57.6 Å². The van der Waals surface area contributed by atoms with Crippen LogP contribution in [0.5, 0.6) is 5.75 Å². The standard InChI is InChI=1S/C20H23NO2S/c1-5-6-11-23-18-13(17(22)19(18)24)12-16-20(2,3)14-9-7-8-10-15(14)21(16)4/h7-10,12H,5-6,11H2,1-4H3/b16-12+. The Kier molecular flexibility index (Phi) is 4.35. The lowest BCUT2D eigenvalue weighted by Gasteiger charge is -2.25. The predicted molar refractivity (Wildman–Crippen MR) is 102 cm³/mol. The smallest absolute Gasteiger partial charge is 0.211 e. The Balaban J connectivity index is 2.00. The average Bonchev–Trinajstić information content (AvgIpc) is 2.77. The molecule has 0 saturated carbocycles. The third-order valence-corrected chi connectivity index (χ3v) is 5.24. The Labute approximate surface area is 148 Å². The monoisotopic (exact) mass is 341 g/mol. The topological polar surface area (TPSA) is 29.5 Å². The summed E-state index contributed by atoms with van der Waals surface area (Å²) in [5.74, 6) is 0.594. The summed E-state index contributed by atoms with van der Waals surface area (Å²) in [6.07, 6.45) is 3.97. The van der Waals surface area contributed by atoms with Crippen LogP contribution in [0.15, 0.2) is 34.8 Å². The van der Waals surface area contributed by atoms with E-state index in [9.17, 15) is 4.79 Å². The number of fused-ring (bicyclic) bond motifs is 1. The third kappa shape index (κ3) is 2.49. The Morgan fingerprint density at radius 1 is 1.29 bits per heavy atom. The molecule has 3 nitrogen and oxygen atoms in total. The van der Waals surface area contributed by atoms with Crippen molar-refractivity contribution in [3.05, 3.63) is 55.8 Å². The number of hydrogen-bond donors (Lipinski definition) is 0. The first-order valence-electron chi connectivity index (χ1n) is 8.41. The van der Waals surface area contributed by atoms with E-state index in [1.807, 2.05) is 19.2 Å². The molecule has 0 amide bonds. The first kappa shape index (κ1) is 16.9. The van der Waals surface area contributed by atoms with Crippen LogP contribution in [0.4, 0.5) is 5.69 Å². The molecule has 2 aromatic carbocycles. The maximum Gasteiger partial charge on any atom is 0.211 e. The Hall–Kier alpha value is -1.94. The molecule has 0 bridgehead atoms. The molecule has 0 radical (unpaired) electrons. The number of hydrogen-bond acceptors (Lipinski definition) is 4. The minimum Gasteiger partial charge on any atom is -0.491 e. The average molecular weight is 341 g/mol. The van der Waals surface area contributed by atoms with Crippen LogP contribution in [0, 0.1) is 4.51 Å². The van der Waals surface area contributed by atoms with Crippen LogP contribution in [-0.4, -0.2) is 13.7 Å². The fourth-order valence-electron chi connectivity index (χ4n) is 3.38. The van der Waals surface area contributed by atoms with Crippen molar-refractivity contribution in [1.29, 1.82) is 0 Å². The molecule has 1 aliphatic rings. The number of benzene rings is 1. The van der Waals surface area contributed by atoms with Gasteiger partial charge in [0.1, 0.15) is 4.51 Å². The molecule has 0 aromatic heterocycles. The molecular weight excluding hydrogens is 318 g/mol. The maximum absolute atomic E-state index is 12.2. The Morgan fingerprint density at radius 3 is 2.67 bits per heavy atom. The largest absolute Gasteiger partial charge is 0.491 e. The molecular formula is C20H23NO2S. The molecule has 2 aromatic rings. The summed E-state index contributed by atoms with van der Waals surface area (Å²) in [6, 6.07) is 8.35. The van der Waals surface area contributed by atoms with Crippen molar-refractivity contribution in [2.45, 2.75) is 39.0 Å². The van der Waals surface area contributed by atoms with Gasteiger partial charge in [0.2, 0.25) is 5.43 Å². The molecule has 126 valence electrons. The SMILES string of the molecule is CCCCOc1c(/C=C2/N(C)c3ccccc3C2(C)C)c(=O)c1=S. The van der Waals surface area contributed by atoms with Crippen LogP contribution in [0.25, 0.3) is 6.08 Å². The summed E-state index contributed by atoms with van der Waals surface area (Å²) in [6.45, 7) is 7.07. The highest BCUT2D eigenvalue weighted by Gasteiger charge is 2.38. The van der Waals surface area contributed by atoms with E-state index in [4.69, 9.17) is 17.0 Å². The highest BCUT2D eigenvalue weighted by atomic mass is 32.1. The number of anilines is 1. The van der Waals surface area contributed by atoms with Gasteiger partial charge < -0.3 is 9.64 Å². The molecule has 0 N–H and O–H groups in total. The van der Waals surface area contributed by atoms with Crippen LogP contribution in [-0.2, 0) is 5.41 Å². The molecule has 0 atom stereocenters. The molecule has 0 fully saturated rings. The molecule has 4 heteroatoms. The van der Waals surface area contributed by atoms with Crippen molar-refractivity contribution in [2.75, 3.05) is 18.6 Å². The summed E-state index contributed by atoms with van der Waals surface area (Å²) in [5.41, 5.74) is 3.90. The summed E-state index contributed by atoms with van der Waals surface area (Å²) in [4.78, 5) is 14.4. The number of likely N-dealkylation sites (N-methyl/N-ethyl adjacent to an activating group) is 1. The summed E-state index contributed by atoms with van der Waals surface area (Å²) in [7, 11) is 2.04. The summed E-state index contributed by atoms with van der Waals surface area (Å²) < 4.78 is 6.09. The number of allylic oxidation sites excluding steroid dienone is 1. The minimum absolute atomic E-state index is 0.0795. The molecule has 3 rings (SSSR count). The van der Waals surface area contributed by atoms with E-state index in [0.717, 1.165) is 18.5 Å². The van der Waals surface area contributed by atoms with Gasteiger partial charge in [0, 0.05) is 23.8 Å². The van der Waals surface area contributed by atoms with E-state index in [1.165, 1.54) is 11.3 Å². The van der Waals surface area contributed by atoms with Crippen molar-refractivity contribution < 1.29 is 4.74 Å². The van der Waals surface area contributed by atoms with E-state index in [2.05, 4.69) is 43.9 Å². The number of para-hydroxylation sites is 1. The van der Waals surface area contributed by atoms with E-state index >= 15 is 0 Å². The normalized spacial score (nSPS) is 17.5. The van der Waals surface area contributed by atoms with Gasteiger partial charge in [-0.2, -0.15) is 0 Å². The van der Waals surface area contributed by atoms with E-state index in [1.54, 1.807) is 0 Å². The first-order chi connectivity index (χ1) is 11.4. The lowest BCUT2D eigenvalue weighted by Crippen LogP contribution is -2.25. The highest BCUT2D eigenvalue weighted by molar-refractivity contribution is 7.71. The third-order valence-electron chi connectivity index (χ3n) is 4.87. The molecule has 1 heterocycles. The lowest BCUT2D eigenvalue weighted by atomic mass is 9.83. The second-order valence-electron chi connectivity index (χ2n) is 6.83. The van der Waals surface area contributed by atoms with Crippen LogP contribution in [0.3, 0.4) is 0 Å². The van der Waals surface area contributed by atoms with Crippen molar-refractivity contribution in [1.82, 2.24) is 0 Å². The van der Waals surface area contributed by atoms with Gasteiger partial charge in [-0.25, -0.2) is 0 Å². The van der Waals surface area contributed by atoms with Crippen molar-refractivity contribution in [3.63, 3.8) is 0 Å². The van der Waals surface area contributed by atoms with Gasteiger partial charge in [0.05, 0.1) is 12.2 Å². The van der Waals surface area contributed by atoms with Crippen molar-refractivity contribution in [3.8, 4) is 5.75 Å². The first-order valence-corrected chi connectivity index (χ1v) is 8.82. The summed E-state index contributed by atoms with van der Waals surface area (Å²) >= 11 is 5.18. The summed E-state index contributed by atoms with van der Waals surface area (Å²) in [5, 5.41) is 0. The molecule has 0 spiro atoms. The number of nitrogens with zero attached hydrogens (tertiary/aromatic N) is 1. The van der Waals surface area contributed by atoms with Gasteiger partial charge in [-0.05, 0) is 24.1 Å². The fraction of sp³-hybridized carbons (Fsp3) is 0.400. The number of ether oxygens (including phenoxy) is 1. The van der Waals surface area contributed by atoms with Gasteiger partial charge in [-0.3, -0.25) is 4.79 Å². The van der Waals surface area contributed by atoms with E-state index < -0.39 is 0 Å². The van der Waals surface area contributed by atoms with Crippen molar-refractivity contribution in [2.24, 2.45) is 0 Å². The molecule has 24 heavy (non-hydrogen) atoms. The number of rotatable bonds is 5. The van der Waals surface area contributed by atoms with Gasteiger partial charge in [0.15, 0.2) is 5.75 Å². The van der Waals surface area contributed by atoms with E-state index in [-0.39, 0.29) is 10.8 Å². The molecule has 0 saturated heterocycles. The second kappa shape index (κ2) is 6.17. The molecule has 0 unspecified atom stereocenters. The number of unbranched alkanes of at least 4 members (excludes halogenated alkanes) is 1. The molecule has 0 aliphatic carbocycles.